The molecular formula is C17H22NO4P. The van der Waals surface area contributed by atoms with Crippen LogP contribution in [-0.2, 0) is 13.6 Å². The van der Waals surface area contributed by atoms with Crippen LogP contribution in [0.4, 0.5) is 0 Å². The van der Waals surface area contributed by atoms with E-state index >= 15 is 0 Å². The lowest BCUT2D eigenvalue weighted by atomic mass is 10.1. The van der Waals surface area contributed by atoms with Crippen LogP contribution in [0.3, 0.4) is 0 Å². The van der Waals surface area contributed by atoms with Crippen LogP contribution in [-0.4, -0.2) is 25.9 Å². The standard InChI is InChI=1S/C17H22NO4P/c1-21-23(20,22-2)17(15-11-7-4-8-12-15)18-13-16(19)14-9-5-3-6-10-14/h3-12,16-19H,13H2,1-2H3/t16-,17-/m1/s1. The van der Waals surface area contributed by atoms with Gasteiger partial charge in [-0.25, -0.2) is 0 Å². The number of aliphatic hydroxyl groups is 1. The Kier molecular flexibility index (Phi) is 6.51. The van der Waals surface area contributed by atoms with Gasteiger partial charge in [0.05, 0.1) is 6.10 Å². The summed E-state index contributed by atoms with van der Waals surface area (Å²) in [6.07, 6.45) is -0.718. The molecule has 0 aliphatic rings. The lowest BCUT2D eigenvalue weighted by molar-refractivity contribution is 0.170. The van der Waals surface area contributed by atoms with Gasteiger partial charge >= 0.3 is 7.60 Å². The average Bonchev–Trinajstić information content (AvgIpc) is 2.63. The van der Waals surface area contributed by atoms with Gasteiger partial charge in [-0.2, -0.15) is 0 Å². The Bertz CT molecular complexity index is 628. The molecule has 2 atom stereocenters. The first-order valence-electron chi connectivity index (χ1n) is 7.33. The lowest BCUT2D eigenvalue weighted by Crippen LogP contribution is -2.27. The highest BCUT2D eigenvalue weighted by Gasteiger charge is 2.35. The summed E-state index contributed by atoms with van der Waals surface area (Å²) in [6.45, 7) is 0.223. The number of aliphatic hydroxyl groups excluding tert-OH is 1. The molecule has 0 saturated carbocycles. The van der Waals surface area contributed by atoms with Gasteiger partial charge in [-0.1, -0.05) is 60.7 Å². The summed E-state index contributed by atoms with van der Waals surface area (Å²) in [5, 5.41) is 13.4. The molecule has 0 aliphatic heterocycles. The molecule has 0 amide bonds. The molecule has 0 unspecified atom stereocenters. The molecule has 0 fully saturated rings. The second kappa shape index (κ2) is 8.39. The van der Waals surface area contributed by atoms with E-state index < -0.39 is 19.5 Å². The molecule has 23 heavy (non-hydrogen) atoms. The van der Waals surface area contributed by atoms with Crippen molar-refractivity contribution < 1.29 is 18.7 Å². The minimum atomic E-state index is -3.38. The molecule has 2 N–H and O–H groups in total. The Balaban J connectivity index is 2.17. The summed E-state index contributed by atoms with van der Waals surface area (Å²) >= 11 is 0. The molecule has 124 valence electrons. The maximum absolute atomic E-state index is 12.8. The average molecular weight is 335 g/mol. The molecule has 2 aromatic rings. The van der Waals surface area contributed by atoms with Crippen LogP contribution in [0.5, 0.6) is 0 Å². The van der Waals surface area contributed by atoms with Crippen LogP contribution in [0.15, 0.2) is 60.7 Å². The van der Waals surface area contributed by atoms with Crippen molar-refractivity contribution in [1.29, 1.82) is 0 Å². The van der Waals surface area contributed by atoms with E-state index in [0.29, 0.717) is 0 Å². The summed E-state index contributed by atoms with van der Waals surface area (Å²) in [7, 11) is -0.670. The van der Waals surface area contributed by atoms with Crippen molar-refractivity contribution in [2.24, 2.45) is 0 Å². The predicted molar refractivity (Wildman–Crippen MR) is 90.2 cm³/mol. The van der Waals surface area contributed by atoms with Crippen molar-refractivity contribution in [2.75, 3.05) is 20.8 Å². The largest absolute Gasteiger partial charge is 0.387 e. The van der Waals surface area contributed by atoms with Gasteiger partial charge in [0.1, 0.15) is 5.78 Å². The van der Waals surface area contributed by atoms with Crippen LogP contribution in [0, 0.1) is 0 Å². The smallest absolute Gasteiger partial charge is 0.351 e. The van der Waals surface area contributed by atoms with E-state index in [4.69, 9.17) is 9.05 Å². The van der Waals surface area contributed by atoms with E-state index in [1.807, 2.05) is 60.7 Å². The van der Waals surface area contributed by atoms with Gasteiger partial charge in [-0.3, -0.25) is 9.88 Å². The number of nitrogens with one attached hydrogen (secondary N) is 1. The van der Waals surface area contributed by atoms with Gasteiger partial charge in [0.2, 0.25) is 0 Å². The van der Waals surface area contributed by atoms with E-state index in [2.05, 4.69) is 5.32 Å². The van der Waals surface area contributed by atoms with E-state index in [0.717, 1.165) is 11.1 Å². The summed E-state index contributed by atoms with van der Waals surface area (Å²) in [6, 6.07) is 18.6. The number of hydrogen-bond donors (Lipinski definition) is 2. The fraction of sp³-hybridized carbons (Fsp3) is 0.294. The molecule has 0 aliphatic carbocycles. The van der Waals surface area contributed by atoms with Gasteiger partial charge in [0.15, 0.2) is 0 Å². The van der Waals surface area contributed by atoms with Gasteiger partial charge < -0.3 is 14.2 Å². The van der Waals surface area contributed by atoms with Gasteiger partial charge in [0, 0.05) is 20.8 Å². The first kappa shape index (κ1) is 17.9. The zero-order chi connectivity index (χ0) is 16.7. The second-order valence-electron chi connectivity index (χ2n) is 5.05. The van der Waals surface area contributed by atoms with Crippen molar-refractivity contribution in [1.82, 2.24) is 5.32 Å². The van der Waals surface area contributed by atoms with Crippen LogP contribution in [0.25, 0.3) is 0 Å². The normalized spacial score (nSPS) is 14.4. The molecule has 0 spiro atoms. The van der Waals surface area contributed by atoms with E-state index in [9.17, 15) is 9.67 Å². The van der Waals surface area contributed by atoms with Crippen LogP contribution >= 0.6 is 7.60 Å². The highest BCUT2D eigenvalue weighted by molar-refractivity contribution is 7.54. The van der Waals surface area contributed by atoms with Crippen LogP contribution in [0.1, 0.15) is 23.0 Å². The summed E-state index contributed by atoms with van der Waals surface area (Å²) in [5.41, 5.74) is 1.57. The van der Waals surface area contributed by atoms with Crippen molar-refractivity contribution in [3.63, 3.8) is 0 Å². The molecule has 2 aromatic carbocycles. The Hall–Kier alpha value is -1.49. The zero-order valence-corrected chi connectivity index (χ0v) is 14.1. The summed E-state index contributed by atoms with van der Waals surface area (Å²) in [5.74, 6) is -0.655. The minimum absolute atomic E-state index is 0.223. The topological polar surface area (TPSA) is 67.8 Å². The Morgan fingerprint density at radius 3 is 1.91 bits per heavy atom. The highest BCUT2D eigenvalue weighted by atomic mass is 31.2. The number of rotatable bonds is 8. The SMILES string of the molecule is COP(=O)(OC)[C@@H](NC[C@@H](O)c1ccccc1)c1ccccc1. The fourth-order valence-corrected chi connectivity index (χ4v) is 3.79. The lowest BCUT2D eigenvalue weighted by Gasteiger charge is -2.26. The second-order valence-corrected chi connectivity index (χ2v) is 7.38. The van der Waals surface area contributed by atoms with Crippen molar-refractivity contribution in [2.45, 2.75) is 11.9 Å². The first-order chi connectivity index (χ1) is 11.1. The molecule has 0 radical (unpaired) electrons. The number of hydrogen-bond acceptors (Lipinski definition) is 5. The molecule has 0 aromatic heterocycles. The first-order valence-corrected chi connectivity index (χ1v) is 8.94. The Morgan fingerprint density at radius 2 is 1.43 bits per heavy atom. The van der Waals surface area contributed by atoms with Crippen LogP contribution < -0.4 is 5.32 Å². The third-order valence-electron chi connectivity index (χ3n) is 3.63. The molecule has 0 heterocycles. The maximum atomic E-state index is 12.8. The summed E-state index contributed by atoms with van der Waals surface area (Å²) in [4.78, 5) is 0. The maximum Gasteiger partial charge on any atom is 0.351 e. The van der Waals surface area contributed by atoms with E-state index in [1.165, 1.54) is 14.2 Å². The Labute approximate surface area is 136 Å². The Morgan fingerprint density at radius 1 is 0.957 bits per heavy atom. The van der Waals surface area contributed by atoms with Gasteiger partial charge in [-0.05, 0) is 11.1 Å². The van der Waals surface area contributed by atoms with E-state index in [-0.39, 0.29) is 6.54 Å². The minimum Gasteiger partial charge on any atom is -0.387 e. The third-order valence-corrected chi connectivity index (χ3v) is 5.76. The molecular weight excluding hydrogens is 313 g/mol. The molecule has 2 rings (SSSR count). The van der Waals surface area contributed by atoms with Crippen molar-refractivity contribution in [3.8, 4) is 0 Å². The monoisotopic (exact) mass is 335 g/mol. The molecule has 0 bridgehead atoms. The molecule has 0 saturated heterocycles. The highest BCUT2D eigenvalue weighted by Crippen LogP contribution is 2.58. The zero-order valence-electron chi connectivity index (χ0n) is 13.3. The van der Waals surface area contributed by atoms with Crippen molar-refractivity contribution >= 4 is 7.60 Å². The summed E-state index contributed by atoms with van der Waals surface area (Å²) < 4.78 is 23.1. The van der Waals surface area contributed by atoms with Gasteiger partial charge in [0.25, 0.3) is 0 Å². The van der Waals surface area contributed by atoms with Crippen LogP contribution in [0.2, 0.25) is 0 Å². The van der Waals surface area contributed by atoms with Crippen molar-refractivity contribution in [3.05, 3.63) is 71.8 Å². The molecule has 6 heteroatoms. The molecule has 5 nitrogen and oxygen atoms in total. The van der Waals surface area contributed by atoms with Gasteiger partial charge in [-0.15, -0.1) is 0 Å². The fourth-order valence-electron chi connectivity index (χ4n) is 2.35. The van der Waals surface area contributed by atoms with E-state index in [1.54, 1.807) is 0 Å². The number of benzene rings is 2. The predicted octanol–water partition coefficient (Wildman–Crippen LogP) is 3.49. The third kappa shape index (κ3) is 4.50. The quantitative estimate of drug-likeness (QED) is 0.723.